The predicted octanol–water partition coefficient (Wildman–Crippen LogP) is -0.313. The summed E-state index contributed by atoms with van der Waals surface area (Å²) in [5, 5.41) is 11.6. The molecule has 0 aromatic heterocycles. The fourth-order valence-electron chi connectivity index (χ4n) is 1.88. The second-order valence-corrected chi connectivity index (χ2v) is 4.32. The number of carboxylic acids is 1. The van der Waals surface area contributed by atoms with Crippen LogP contribution in [0.1, 0.15) is 20.3 Å². The van der Waals surface area contributed by atoms with Crippen LogP contribution in [0.4, 0.5) is 0 Å². The molecule has 0 aromatic rings. The summed E-state index contributed by atoms with van der Waals surface area (Å²) < 4.78 is 5.17. The van der Waals surface area contributed by atoms with Crippen LogP contribution in [0.5, 0.6) is 0 Å². The van der Waals surface area contributed by atoms with Crippen LogP contribution < -0.4 is 5.32 Å². The van der Waals surface area contributed by atoms with Gasteiger partial charge in [-0.2, -0.15) is 0 Å². The van der Waals surface area contributed by atoms with Gasteiger partial charge in [-0.15, -0.1) is 0 Å². The first-order chi connectivity index (χ1) is 8.00. The molecule has 1 rings (SSSR count). The normalized spacial score (nSPS) is 19.8. The molecule has 0 radical (unpaired) electrons. The van der Waals surface area contributed by atoms with Gasteiger partial charge in [0.2, 0.25) is 5.91 Å². The van der Waals surface area contributed by atoms with E-state index in [9.17, 15) is 9.59 Å². The molecule has 6 heteroatoms. The van der Waals surface area contributed by atoms with Gasteiger partial charge in [-0.1, -0.05) is 0 Å². The van der Waals surface area contributed by atoms with Gasteiger partial charge in [-0.3, -0.25) is 9.59 Å². The zero-order chi connectivity index (χ0) is 12.8. The van der Waals surface area contributed by atoms with Gasteiger partial charge in [0, 0.05) is 19.1 Å². The fraction of sp³-hybridized carbons (Fsp3) is 0.818. The Morgan fingerprint density at radius 3 is 2.47 bits per heavy atom. The fourth-order valence-corrected chi connectivity index (χ4v) is 1.88. The summed E-state index contributed by atoms with van der Waals surface area (Å²) >= 11 is 0. The van der Waals surface area contributed by atoms with Gasteiger partial charge in [0.05, 0.1) is 25.7 Å². The number of aliphatic carboxylic acids is 1. The van der Waals surface area contributed by atoms with Crippen molar-refractivity contribution in [1.82, 2.24) is 10.2 Å². The van der Waals surface area contributed by atoms with Crippen molar-refractivity contribution in [3.05, 3.63) is 0 Å². The van der Waals surface area contributed by atoms with Gasteiger partial charge in [0.25, 0.3) is 0 Å². The SMILES string of the molecule is CC(CC(=O)O)NC(C)C(=O)N1CCOCC1. The van der Waals surface area contributed by atoms with Crippen molar-refractivity contribution < 1.29 is 19.4 Å². The highest BCUT2D eigenvalue weighted by Crippen LogP contribution is 2.02. The molecule has 2 N–H and O–H groups in total. The Hall–Kier alpha value is -1.14. The molecule has 98 valence electrons. The highest BCUT2D eigenvalue weighted by molar-refractivity contribution is 5.81. The van der Waals surface area contributed by atoms with Gasteiger partial charge >= 0.3 is 5.97 Å². The van der Waals surface area contributed by atoms with E-state index in [2.05, 4.69) is 5.32 Å². The van der Waals surface area contributed by atoms with Crippen LogP contribution >= 0.6 is 0 Å². The molecule has 1 heterocycles. The number of nitrogens with one attached hydrogen (secondary N) is 1. The standard InChI is InChI=1S/C11H20N2O4/c1-8(7-10(14)15)12-9(2)11(16)13-3-5-17-6-4-13/h8-9,12H,3-7H2,1-2H3,(H,14,15). The number of morpholine rings is 1. The first-order valence-corrected chi connectivity index (χ1v) is 5.85. The maximum atomic E-state index is 12.0. The van der Waals surface area contributed by atoms with E-state index in [-0.39, 0.29) is 24.4 Å². The van der Waals surface area contributed by atoms with Crippen molar-refractivity contribution in [2.24, 2.45) is 0 Å². The second-order valence-electron chi connectivity index (χ2n) is 4.32. The molecule has 1 saturated heterocycles. The van der Waals surface area contributed by atoms with E-state index in [0.717, 1.165) is 0 Å². The highest BCUT2D eigenvalue weighted by Gasteiger charge is 2.23. The summed E-state index contributed by atoms with van der Waals surface area (Å²) in [6.45, 7) is 5.88. The van der Waals surface area contributed by atoms with E-state index in [1.165, 1.54) is 0 Å². The zero-order valence-electron chi connectivity index (χ0n) is 10.3. The summed E-state index contributed by atoms with van der Waals surface area (Å²) in [4.78, 5) is 24.2. The minimum atomic E-state index is -0.865. The number of hydrogen-bond acceptors (Lipinski definition) is 4. The van der Waals surface area contributed by atoms with Crippen molar-refractivity contribution >= 4 is 11.9 Å². The number of hydrogen-bond donors (Lipinski definition) is 2. The summed E-state index contributed by atoms with van der Waals surface area (Å²) in [6, 6.07) is -0.574. The van der Waals surface area contributed by atoms with Crippen LogP contribution in [0.3, 0.4) is 0 Å². The number of nitrogens with zero attached hydrogens (tertiary/aromatic N) is 1. The molecule has 1 aliphatic heterocycles. The topological polar surface area (TPSA) is 78.9 Å². The Morgan fingerprint density at radius 1 is 1.35 bits per heavy atom. The molecule has 2 atom stereocenters. The van der Waals surface area contributed by atoms with Crippen molar-refractivity contribution in [2.45, 2.75) is 32.4 Å². The largest absolute Gasteiger partial charge is 0.481 e. The average Bonchev–Trinajstić information content (AvgIpc) is 2.28. The number of carbonyl (C=O) groups excluding carboxylic acids is 1. The van der Waals surface area contributed by atoms with Crippen LogP contribution in [0.15, 0.2) is 0 Å². The van der Waals surface area contributed by atoms with E-state index >= 15 is 0 Å². The number of rotatable bonds is 5. The quantitative estimate of drug-likeness (QED) is 0.693. The van der Waals surface area contributed by atoms with Gasteiger partial charge in [0.15, 0.2) is 0 Å². The number of carboxylic acid groups (broad SMARTS) is 1. The van der Waals surface area contributed by atoms with Gasteiger partial charge in [-0.25, -0.2) is 0 Å². The van der Waals surface area contributed by atoms with Crippen molar-refractivity contribution in [3.63, 3.8) is 0 Å². The third-order valence-corrected chi connectivity index (χ3v) is 2.71. The molecule has 0 saturated carbocycles. The second kappa shape index (κ2) is 6.56. The Balaban J connectivity index is 2.37. The lowest BCUT2D eigenvalue weighted by Gasteiger charge is -2.30. The van der Waals surface area contributed by atoms with Crippen LogP contribution in [0, 0.1) is 0 Å². The lowest BCUT2D eigenvalue weighted by atomic mass is 10.2. The third-order valence-electron chi connectivity index (χ3n) is 2.71. The first-order valence-electron chi connectivity index (χ1n) is 5.85. The van der Waals surface area contributed by atoms with Gasteiger partial charge in [-0.05, 0) is 13.8 Å². The van der Waals surface area contributed by atoms with Crippen LogP contribution in [0.25, 0.3) is 0 Å². The minimum Gasteiger partial charge on any atom is -0.481 e. The lowest BCUT2D eigenvalue weighted by molar-refractivity contribution is -0.139. The summed E-state index contributed by atoms with van der Waals surface area (Å²) in [7, 11) is 0. The van der Waals surface area contributed by atoms with E-state index < -0.39 is 5.97 Å². The monoisotopic (exact) mass is 244 g/mol. The van der Waals surface area contributed by atoms with Gasteiger partial charge < -0.3 is 20.1 Å². The van der Waals surface area contributed by atoms with E-state index in [1.807, 2.05) is 0 Å². The third kappa shape index (κ3) is 4.70. The molecular weight excluding hydrogens is 224 g/mol. The molecule has 1 aliphatic rings. The summed E-state index contributed by atoms with van der Waals surface area (Å²) in [6.07, 6.45) is 0.0146. The van der Waals surface area contributed by atoms with E-state index in [4.69, 9.17) is 9.84 Å². The molecule has 0 aromatic carbocycles. The van der Waals surface area contributed by atoms with Crippen LogP contribution in [-0.2, 0) is 14.3 Å². The van der Waals surface area contributed by atoms with E-state index in [1.54, 1.807) is 18.7 Å². The molecule has 6 nitrogen and oxygen atoms in total. The Bertz CT molecular complexity index is 277. The Labute approximate surface area is 101 Å². The van der Waals surface area contributed by atoms with Crippen LogP contribution in [0.2, 0.25) is 0 Å². The maximum absolute atomic E-state index is 12.0. The molecular formula is C11H20N2O4. The molecule has 1 fully saturated rings. The Kier molecular flexibility index (Phi) is 5.37. The summed E-state index contributed by atoms with van der Waals surface area (Å²) in [5.41, 5.74) is 0. The molecule has 17 heavy (non-hydrogen) atoms. The number of carbonyl (C=O) groups is 2. The Morgan fingerprint density at radius 2 is 1.94 bits per heavy atom. The first kappa shape index (κ1) is 13.9. The van der Waals surface area contributed by atoms with Crippen molar-refractivity contribution in [1.29, 1.82) is 0 Å². The van der Waals surface area contributed by atoms with Crippen molar-refractivity contribution in [2.75, 3.05) is 26.3 Å². The zero-order valence-corrected chi connectivity index (χ0v) is 10.3. The average molecular weight is 244 g/mol. The van der Waals surface area contributed by atoms with Gasteiger partial charge in [0.1, 0.15) is 0 Å². The van der Waals surface area contributed by atoms with Crippen molar-refractivity contribution in [3.8, 4) is 0 Å². The minimum absolute atomic E-state index is 0.00513. The maximum Gasteiger partial charge on any atom is 0.304 e. The smallest absolute Gasteiger partial charge is 0.304 e. The molecule has 2 unspecified atom stereocenters. The molecule has 0 spiro atoms. The molecule has 1 amide bonds. The molecule has 0 bridgehead atoms. The van der Waals surface area contributed by atoms with E-state index in [0.29, 0.717) is 26.3 Å². The number of amides is 1. The number of ether oxygens (including phenoxy) is 1. The lowest BCUT2D eigenvalue weighted by Crippen LogP contribution is -2.51. The summed E-state index contributed by atoms with van der Waals surface area (Å²) in [5.74, 6) is -0.860. The highest BCUT2D eigenvalue weighted by atomic mass is 16.5. The predicted molar refractivity (Wildman–Crippen MR) is 61.7 cm³/mol. The van der Waals surface area contributed by atoms with Crippen LogP contribution in [-0.4, -0.2) is 60.3 Å². The molecule has 0 aliphatic carbocycles.